The smallest absolute Gasteiger partial charge is 0.0883 e. The maximum Gasteiger partial charge on any atom is 0.0883 e. The van der Waals surface area contributed by atoms with Crippen molar-refractivity contribution >= 4 is 15.9 Å². The molecule has 0 saturated heterocycles. The molecule has 0 amide bonds. The molecule has 0 heterocycles. The van der Waals surface area contributed by atoms with Crippen LogP contribution in [-0.2, 0) is 0 Å². The third-order valence-electron chi connectivity index (χ3n) is 2.07. The third kappa shape index (κ3) is 2.29. The molecule has 0 unspecified atom stereocenters. The van der Waals surface area contributed by atoms with Gasteiger partial charge in [0.05, 0.1) is 6.10 Å². The monoisotopic (exact) mass is 219 g/mol. The van der Waals surface area contributed by atoms with Crippen molar-refractivity contribution in [3.8, 4) is 0 Å². The second kappa shape index (κ2) is 4.24. The van der Waals surface area contributed by atoms with Gasteiger partial charge in [-0.15, -0.1) is 0 Å². The molecule has 0 bridgehead atoms. The van der Waals surface area contributed by atoms with E-state index in [0.717, 1.165) is 18.4 Å². The zero-order chi connectivity index (χ0) is 8.27. The Kier molecular flexibility index (Phi) is 3.55. The average molecular weight is 220 g/mol. The number of nitrogens with two attached hydrogens (primary N) is 1. The van der Waals surface area contributed by atoms with E-state index < -0.39 is 6.10 Å². The fraction of sp³-hybridized carbons (Fsp3) is 0.750. The van der Waals surface area contributed by atoms with Crippen molar-refractivity contribution in [2.24, 2.45) is 5.73 Å². The summed E-state index contributed by atoms with van der Waals surface area (Å²) in [6.45, 7) is 0.338. The van der Waals surface area contributed by atoms with Gasteiger partial charge < -0.3 is 10.8 Å². The van der Waals surface area contributed by atoms with Crippen molar-refractivity contribution in [2.75, 3.05) is 6.54 Å². The van der Waals surface area contributed by atoms with E-state index >= 15 is 0 Å². The van der Waals surface area contributed by atoms with Crippen LogP contribution in [0.5, 0.6) is 0 Å². The molecule has 3 heteroatoms. The molecule has 0 aromatic carbocycles. The van der Waals surface area contributed by atoms with E-state index in [0.29, 0.717) is 6.54 Å². The Morgan fingerprint density at radius 1 is 1.45 bits per heavy atom. The fourth-order valence-electron chi connectivity index (χ4n) is 1.38. The molecule has 0 fully saturated rings. The van der Waals surface area contributed by atoms with E-state index in [1.54, 1.807) is 0 Å². The summed E-state index contributed by atoms with van der Waals surface area (Å²) in [5, 5.41) is 9.44. The first kappa shape index (κ1) is 9.23. The van der Waals surface area contributed by atoms with Gasteiger partial charge in [-0.25, -0.2) is 0 Å². The van der Waals surface area contributed by atoms with Crippen LogP contribution >= 0.6 is 15.9 Å². The highest BCUT2D eigenvalue weighted by atomic mass is 79.9. The molecule has 64 valence electrons. The average Bonchev–Trinajstić information content (AvgIpc) is 2.04. The van der Waals surface area contributed by atoms with Crippen LogP contribution in [0.4, 0.5) is 0 Å². The van der Waals surface area contributed by atoms with E-state index in [-0.39, 0.29) is 0 Å². The summed E-state index contributed by atoms with van der Waals surface area (Å²) in [4.78, 5) is 0. The van der Waals surface area contributed by atoms with Crippen LogP contribution in [0, 0.1) is 0 Å². The largest absolute Gasteiger partial charge is 0.387 e. The zero-order valence-corrected chi connectivity index (χ0v) is 8.10. The van der Waals surface area contributed by atoms with Gasteiger partial charge in [-0.2, -0.15) is 0 Å². The quantitative estimate of drug-likeness (QED) is 0.741. The molecule has 0 saturated carbocycles. The maximum absolute atomic E-state index is 9.44. The van der Waals surface area contributed by atoms with Crippen molar-refractivity contribution < 1.29 is 5.11 Å². The third-order valence-corrected chi connectivity index (χ3v) is 2.97. The van der Waals surface area contributed by atoms with Gasteiger partial charge in [-0.05, 0) is 35.7 Å². The first-order valence-electron chi connectivity index (χ1n) is 4.01. The van der Waals surface area contributed by atoms with Gasteiger partial charge >= 0.3 is 0 Å². The van der Waals surface area contributed by atoms with E-state index in [4.69, 9.17) is 5.73 Å². The van der Waals surface area contributed by atoms with E-state index in [1.807, 2.05) is 0 Å². The molecule has 1 aliphatic carbocycles. The topological polar surface area (TPSA) is 46.2 Å². The van der Waals surface area contributed by atoms with Gasteiger partial charge in [-0.1, -0.05) is 15.9 Å². The van der Waals surface area contributed by atoms with Crippen LogP contribution in [0.2, 0.25) is 0 Å². The van der Waals surface area contributed by atoms with E-state index in [1.165, 1.54) is 17.3 Å². The number of hydrogen-bond acceptors (Lipinski definition) is 2. The molecule has 1 atom stereocenters. The molecular formula is C8H14BrNO. The van der Waals surface area contributed by atoms with Crippen molar-refractivity contribution in [1.29, 1.82) is 0 Å². The molecule has 0 aliphatic heterocycles. The Bertz CT molecular complexity index is 167. The van der Waals surface area contributed by atoms with Gasteiger partial charge in [-0.3, -0.25) is 0 Å². The highest BCUT2D eigenvalue weighted by Crippen LogP contribution is 2.30. The lowest BCUT2D eigenvalue weighted by atomic mass is 9.95. The van der Waals surface area contributed by atoms with Crippen LogP contribution in [0.1, 0.15) is 25.7 Å². The van der Waals surface area contributed by atoms with Crippen LogP contribution in [0.25, 0.3) is 0 Å². The second-order valence-corrected chi connectivity index (χ2v) is 3.85. The molecule has 0 aromatic rings. The van der Waals surface area contributed by atoms with E-state index in [9.17, 15) is 5.11 Å². The molecule has 11 heavy (non-hydrogen) atoms. The van der Waals surface area contributed by atoms with Crippen LogP contribution in [-0.4, -0.2) is 17.8 Å². The Morgan fingerprint density at radius 3 is 2.64 bits per heavy atom. The lowest BCUT2D eigenvalue weighted by molar-refractivity contribution is 0.211. The van der Waals surface area contributed by atoms with Gasteiger partial charge in [0.25, 0.3) is 0 Å². The molecule has 2 nitrogen and oxygen atoms in total. The number of aliphatic hydroxyl groups excluding tert-OH is 1. The molecule has 0 spiro atoms. The maximum atomic E-state index is 9.44. The number of rotatable bonds is 2. The Labute approximate surface area is 75.6 Å². The summed E-state index contributed by atoms with van der Waals surface area (Å²) in [5.74, 6) is 0. The van der Waals surface area contributed by atoms with Crippen molar-refractivity contribution in [3.63, 3.8) is 0 Å². The summed E-state index contributed by atoms with van der Waals surface area (Å²) in [5.41, 5.74) is 6.47. The summed E-state index contributed by atoms with van der Waals surface area (Å²) >= 11 is 3.46. The van der Waals surface area contributed by atoms with Gasteiger partial charge in [0.15, 0.2) is 0 Å². The summed E-state index contributed by atoms with van der Waals surface area (Å²) in [7, 11) is 0. The number of hydrogen-bond donors (Lipinski definition) is 2. The lowest BCUT2D eigenvalue weighted by Gasteiger charge is -2.19. The Balaban J connectivity index is 2.65. The normalized spacial score (nSPS) is 22.1. The minimum atomic E-state index is -0.426. The minimum Gasteiger partial charge on any atom is -0.387 e. The fourth-order valence-corrected chi connectivity index (χ4v) is 2.12. The van der Waals surface area contributed by atoms with E-state index in [2.05, 4.69) is 15.9 Å². The molecule has 3 N–H and O–H groups in total. The predicted molar refractivity (Wildman–Crippen MR) is 49.5 cm³/mol. The first-order valence-corrected chi connectivity index (χ1v) is 4.80. The highest BCUT2D eigenvalue weighted by molar-refractivity contribution is 9.11. The highest BCUT2D eigenvalue weighted by Gasteiger charge is 2.16. The summed E-state index contributed by atoms with van der Waals surface area (Å²) in [6, 6.07) is 0. The molecule has 1 aliphatic rings. The Morgan fingerprint density at radius 2 is 2.09 bits per heavy atom. The Hall–Kier alpha value is 0.140. The number of aliphatic hydroxyl groups is 1. The number of allylic oxidation sites excluding steroid dienone is 1. The minimum absolute atomic E-state index is 0.338. The summed E-state index contributed by atoms with van der Waals surface area (Å²) < 4.78 is 1.17. The molecule has 0 aromatic heterocycles. The number of halogens is 1. The van der Waals surface area contributed by atoms with Crippen molar-refractivity contribution in [3.05, 3.63) is 10.1 Å². The molecular weight excluding hydrogens is 206 g/mol. The van der Waals surface area contributed by atoms with Gasteiger partial charge in [0.1, 0.15) is 0 Å². The van der Waals surface area contributed by atoms with Crippen LogP contribution < -0.4 is 5.73 Å². The SMILES string of the molecule is NC[C@@H](O)C1=C(Br)CCCC1. The second-order valence-electron chi connectivity index (χ2n) is 2.89. The van der Waals surface area contributed by atoms with Crippen LogP contribution in [0.15, 0.2) is 10.1 Å². The van der Waals surface area contributed by atoms with Gasteiger partial charge in [0.2, 0.25) is 0 Å². The zero-order valence-electron chi connectivity index (χ0n) is 6.52. The molecule has 0 radical (unpaired) electrons. The standard InChI is InChI=1S/C8H14BrNO/c9-7-4-2-1-3-6(7)8(11)5-10/h8,11H,1-5,10H2/t8-/m1/s1. The first-order chi connectivity index (χ1) is 5.25. The summed E-state index contributed by atoms with van der Waals surface area (Å²) in [6.07, 6.45) is 4.04. The molecule has 1 rings (SSSR count). The predicted octanol–water partition coefficient (Wildman–Crippen LogP) is 1.53. The van der Waals surface area contributed by atoms with Gasteiger partial charge in [0, 0.05) is 6.54 Å². The van der Waals surface area contributed by atoms with Crippen molar-refractivity contribution in [1.82, 2.24) is 0 Å². The lowest BCUT2D eigenvalue weighted by Crippen LogP contribution is -2.23. The van der Waals surface area contributed by atoms with Crippen LogP contribution in [0.3, 0.4) is 0 Å². The van der Waals surface area contributed by atoms with Crippen molar-refractivity contribution in [2.45, 2.75) is 31.8 Å².